The molecule has 1 saturated carbocycles. The maximum Gasteiger partial charge on any atom is 0.456 e. The molecular weight excluding hydrogens is 455 g/mol. The number of carbonyl (C=O) groups is 2. The fourth-order valence-electron chi connectivity index (χ4n) is 6.35. The number of halogens is 3. The zero-order valence-electron chi connectivity index (χ0n) is 20.1. The second kappa shape index (κ2) is 9.12. The Kier molecular flexibility index (Phi) is 6.28. The highest BCUT2D eigenvalue weighted by molar-refractivity contribution is 5.99. The summed E-state index contributed by atoms with van der Waals surface area (Å²) in [5.41, 5.74) is 1.95. The zero-order valence-corrected chi connectivity index (χ0v) is 20.1. The molecule has 8 heteroatoms. The third-order valence-electron chi connectivity index (χ3n) is 8.45. The Labute approximate surface area is 203 Å². The van der Waals surface area contributed by atoms with Crippen LogP contribution in [0.4, 0.5) is 13.2 Å². The van der Waals surface area contributed by atoms with Gasteiger partial charge in [-0.15, -0.1) is 0 Å². The van der Waals surface area contributed by atoms with Crippen molar-refractivity contribution in [1.29, 1.82) is 0 Å². The van der Waals surface area contributed by atoms with Crippen molar-refractivity contribution in [3.05, 3.63) is 58.9 Å². The van der Waals surface area contributed by atoms with E-state index in [1.165, 1.54) is 48.3 Å². The number of piperidine rings is 1. The van der Waals surface area contributed by atoms with Crippen LogP contribution < -0.4 is 0 Å². The summed E-state index contributed by atoms with van der Waals surface area (Å²) < 4.78 is 40.9. The summed E-state index contributed by atoms with van der Waals surface area (Å²) in [6.07, 6.45) is 2.60. The van der Waals surface area contributed by atoms with Gasteiger partial charge >= 0.3 is 6.18 Å². The maximum absolute atomic E-state index is 13.2. The number of alkyl halides is 3. The first-order chi connectivity index (χ1) is 16.7. The number of hydrogen-bond acceptors (Lipinski definition) is 3. The molecule has 3 aliphatic rings. The number of likely N-dealkylation sites (tertiary alicyclic amines) is 1. The molecular formula is C27H32F3N3O2. The number of rotatable bonds is 3. The van der Waals surface area contributed by atoms with Crippen LogP contribution in [-0.4, -0.2) is 58.9 Å². The Morgan fingerprint density at radius 1 is 0.886 bits per heavy atom. The van der Waals surface area contributed by atoms with Crippen molar-refractivity contribution >= 4 is 11.7 Å². The highest BCUT2D eigenvalue weighted by Gasteiger charge is 2.47. The molecule has 2 fully saturated rings. The summed E-state index contributed by atoms with van der Waals surface area (Å²) in [7, 11) is 1.98. The average molecular weight is 488 g/mol. The van der Waals surface area contributed by atoms with E-state index in [0.717, 1.165) is 5.69 Å². The minimum absolute atomic E-state index is 0.00294. The molecule has 5 nitrogen and oxygen atoms in total. The first-order valence-electron chi connectivity index (χ1n) is 12.6. The summed E-state index contributed by atoms with van der Waals surface area (Å²) in [5.74, 6) is -1.21. The number of amides is 1. The number of carbonyl (C=O) groups excluding carboxylic acids is 2. The Morgan fingerprint density at radius 3 is 2.17 bits per heavy atom. The molecule has 0 unspecified atom stereocenters. The van der Waals surface area contributed by atoms with Crippen LogP contribution in [0.1, 0.15) is 83.0 Å². The van der Waals surface area contributed by atoms with Gasteiger partial charge in [-0.2, -0.15) is 13.2 Å². The number of hydrogen-bond donors (Lipinski definition) is 0. The largest absolute Gasteiger partial charge is 0.456 e. The Bertz CT molecular complexity index is 1090. The van der Waals surface area contributed by atoms with E-state index in [2.05, 4.69) is 17.0 Å². The maximum atomic E-state index is 13.2. The van der Waals surface area contributed by atoms with Crippen LogP contribution in [0.2, 0.25) is 0 Å². The van der Waals surface area contributed by atoms with Crippen LogP contribution in [0.3, 0.4) is 0 Å². The molecule has 1 saturated heterocycles. The SMILES string of the molecule is CN1CCn2c(C(=O)C(F)(F)F)ccc2C12CCN(C(=O)c1ccc(C3CCCCC3)cc1)CC2. The van der Waals surface area contributed by atoms with Crippen LogP contribution in [0, 0.1) is 0 Å². The number of ketones is 1. The summed E-state index contributed by atoms with van der Waals surface area (Å²) in [4.78, 5) is 29.2. The number of Topliss-reactive ketones (excluding diaryl/α,β-unsaturated/α-hetero) is 1. The van der Waals surface area contributed by atoms with Gasteiger partial charge < -0.3 is 9.47 Å². The van der Waals surface area contributed by atoms with Gasteiger partial charge in [0, 0.05) is 37.4 Å². The lowest BCUT2D eigenvalue weighted by Gasteiger charge is -2.50. The summed E-state index contributed by atoms with van der Waals surface area (Å²) in [5, 5.41) is 0. The number of likely N-dealkylation sites (N-methyl/N-ethyl adjacent to an activating group) is 1. The molecule has 1 aromatic carbocycles. The predicted octanol–water partition coefficient (Wildman–Crippen LogP) is 5.36. The van der Waals surface area contributed by atoms with Crippen molar-refractivity contribution in [2.45, 2.75) is 69.1 Å². The van der Waals surface area contributed by atoms with E-state index in [4.69, 9.17) is 0 Å². The van der Waals surface area contributed by atoms with E-state index in [9.17, 15) is 22.8 Å². The van der Waals surface area contributed by atoms with Crippen LogP contribution in [0.5, 0.6) is 0 Å². The average Bonchev–Trinajstić information content (AvgIpc) is 3.31. The third-order valence-corrected chi connectivity index (χ3v) is 8.45. The first-order valence-corrected chi connectivity index (χ1v) is 12.6. The molecule has 1 amide bonds. The molecule has 1 aromatic heterocycles. The van der Waals surface area contributed by atoms with Crippen molar-refractivity contribution in [3.63, 3.8) is 0 Å². The monoisotopic (exact) mass is 487 g/mol. The van der Waals surface area contributed by atoms with Gasteiger partial charge in [-0.3, -0.25) is 14.5 Å². The number of fused-ring (bicyclic) bond motifs is 2. The molecule has 188 valence electrons. The van der Waals surface area contributed by atoms with Gasteiger partial charge in [-0.1, -0.05) is 31.4 Å². The summed E-state index contributed by atoms with van der Waals surface area (Å²) in [6.45, 7) is 1.92. The van der Waals surface area contributed by atoms with Gasteiger partial charge in [-0.25, -0.2) is 0 Å². The fourth-order valence-corrected chi connectivity index (χ4v) is 6.35. The van der Waals surface area contributed by atoms with E-state index < -0.39 is 17.5 Å². The van der Waals surface area contributed by atoms with Crippen LogP contribution in [0.15, 0.2) is 36.4 Å². The van der Waals surface area contributed by atoms with Crippen LogP contribution in [0.25, 0.3) is 0 Å². The van der Waals surface area contributed by atoms with Crippen molar-refractivity contribution in [1.82, 2.24) is 14.4 Å². The minimum Gasteiger partial charge on any atom is -0.339 e. The van der Waals surface area contributed by atoms with E-state index in [0.29, 0.717) is 50.5 Å². The van der Waals surface area contributed by atoms with Gasteiger partial charge in [0.15, 0.2) is 0 Å². The number of aromatic nitrogens is 1. The molecule has 35 heavy (non-hydrogen) atoms. The van der Waals surface area contributed by atoms with E-state index in [-0.39, 0.29) is 11.6 Å². The lowest BCUT2D eigenvalue weighted by molar-refractivity contribution is -0.0892. The van der Waals surface area contributed by atoms with Gasteiger partial charge in [-0.05, 0) is 68.5 Å². The van der Waals surface area contributed by atoms with Crippen molar-refractivity contribution in [2.24, 2.45) is 0 Å². The van der Waals surface area contributed by atoms with Crippen molar-refractivity contribution < 1.29 is 22.8 Å². The number of nitrogens with zero attached hydrogens (tertiary/aromatic N) is 3. The van der Waals surface area contributed by atoms with E-state index in [1.54, 1.807) is 6.07 Å². The Hall–Kier alpha value is -2.61. The van der Waals surface area contributed by atoms with Crippen LogP contribution >= 0.6 is 0 Å². The molecule has 2 aromatic rings. The summed E-state index contributed by atoms with van der Waals surface area (Å²) >= 11 is 0. The predicted molar refractivity (Wildman–Crippen MR) is 127 cm³/mol. The van der Waals surface area contributed by atoms with E-state index >= 15 is 0 Å². The minimum atomic E-state index is -4.89. The Morgan fingerprint density at radius 2 is 1.54 bits per heavy atom. The molecule has 0 N–H and O–H groups in total. The zero-order chi connectivity index (χ0) is 24.8. The first kappa shape index (κ1) is 24.1. The number of benzene rings is 1. The lowest BCUT2D eigenvalue weighted by Crippen LogP contribution is -2.56. The second-order valence-electron chi connectivity index (χ2n) is 10.3. The smallest absolute Gasteiger partial charge is 0.339 e. The molecule has 3 heterocycles. The van der Waals surface area contributed by atoms with Gasteiger partial charge in [0.1, 0.15) is 0 Å². The normalized spacial score (nSPS) is 21.2. The molecule has 1 spiro atoms. The van der Waals surface area contributed by atoms with Crippen molar-refractivity contribution in [3.8, 4) is 0 Å². The molecule has 2 aliphatic heterocycles. The van der Waals surface area contributed by atoms with Crippen LogP contribution in [-0.2, 0) is 12.1 Å². The highest BCUT2D eigenvalue weighted by atomic mass is 19.4. The molecule has 0 atom stereocenters. The Balaban J connectivity index is 1.30. The molecule has 0 radical (unpaired) electrons. The van der Waals surface area contributed by atoms with Gasteiger partial charge in [0.2, 0.25) is 0 Å². The second-order valence-corrected chi connectivity index (χ2v) is 10.3. The standard InChI is InChI=1S/C27H32F3N3O2/c1-31-17-18-33-22(24(34)27(28,29)30)11-12-23(33)26(31)13-15-32(16-14-26)25(35)21-9-7-20(8-10-21)19-5-3-2-4-6-19/h7-12,19H,2-6,13-18H2,1H3. The third kappa shape index (κ3) is 4.30. The quantitative estimate of drug-likeness (QED) is 0.548. The summed E-state index contributed by atoms with van der Waals surface area (Å²) in [6, 6.07) is 11.0. The topological polar surface area (TPSA) is 45.6 Å². The highest BCUT2D eigenvalue weighted by Crippen LogP contribution is 2.42. The molecule has 0 bridgehead atoms. The lowest BCUT2D eigenvalue weighted by atomic mass is 9.81. The fraction of sp³-hybridized carbons (Fsp3) is 0.556. The van der Waals surface area contributed by atoms with Gasteiger partial charge in [0.05, 0.1) is 11.2 Å². The van der Waals surface area contributed by atoms with E-state index in [1.807, 2.05) is 24.1 Å². The van der Waals surface area contributed by atoms with Gasteiger partial charge in [0.25, 0.3) is 11.7 Å². The molecule has 1 aliphatic carbocycles. The van der Waals surface area contributed by atoms with Crippen molar-refractivity contribution in [2.75, 3.05) is 26.7 Å². The molecule has 5 rings (SSSR count).